The Kier molecular flexibility index (Phi) is 4.05. The molecule has 2 nitrogen and oxygen atoms in total. The third-order valence-corrected chi connectivity index (χ3v) is 6.43. The van der Waals surface area contributed by atoms with E-state index in [2.05, 4.69) is 12.1 Å². The molecule has 0 amide bonds. The molecule has 0 saturated heterocycles. The molecule has 106 valence electrons. The number of rotatable bonds is 5. The Balaban J connectivity index is 1.98. The molecule has 19 heavy (non-hydrogen) atoms. The standard InChI is InChI=1S/C16H24O2S/c1-16(2,3)19(17,18)12-15-10-8-14(9-11-15)7-6-13-4-5-13/h8-11,13H,4-7,12H2,1-3H3. The summed E-state index contributed by atoms with van der Waals surface area (Å²) < 4.78 is 23.6. The maximum atomic E-state index is 12.1. The van der Waals surface area contributed by atoms with Gasteiger partial charge in [0.1, 0.15) is 0 Å². The number of hydrogen-bond donors (Lipinski definition) is 0. The molecule has 1 aliphatic carbocycles. The zero-order valence-electron chi connectivity index (χ0n) is 12.1. The zero-order chi connectivity index (χ0) is 14.1. The highest BCUT2D eigenvalue weighted by atomic mass is 32.2. The molecule has 1 fully saturated rings. The van der Waals surface area contributed by atoms with Gasteiger partial charge in [-0.3, -0.25) is 0 Å². The topological polar surface area (TPSA) is 34.1 Å². The maximum Gasteiger partial charge on any atom is 0.159 e. The van der Waals surface area contributed by atoms with Gasteiger partial charge in [0.2, 0.25) is 0 Å². The monoisotopic (exact) mass is 280 g/mol. The summed E-state index contributed by atoms with van der Waals surface area (Å²) in [7, 11) is -3.08. The molecule has 0 atom stereocenters. The van der Waals surface area contributed by atoms with Crippen LogP contribution in [0.1, 0.15) is 51.2 Å². The van der Waals surface area contributed by atoms with E-state index < -0.39 is 14.6 Å². The molecule has 0 aliphatic heterocycles. The first-order valence-electron chi connectivity index (χ1n) is 7.08. The third-order valence-electron chi connectivity index (χ3n) is 3.85. The second-order valence-corrected chi connectivity index (χ2v) is 9.41. The zero-order valence-corrected chi connectivity index (χ0v) is 13.0. The summed E-state index contributed by atoms with van der Waals surface area (Å²) in [4.78, 5) is 0. The molecular formula is C16H24O2S. The van der Waals surface area contributed by atoms with Gasteiger partial charge in [-0.25, -0.2) is 8.42 Å². The molecule has 1 saturated carbocycles. The highest BCUT2D eigenvalue weighted by molar-refractivity contribution is 7.91. The smallest absolute Gasteiger partial charge is 0.159 e. The van der Waals surface area contributed by atoms with Crippen molar-refractivity contribution in [1.82, 2.24) is 0 Å². The molecule has 0 aromatic heterocycles. The largest absolute Gasteiger partial charge is 0.228 e. The first kappa shape index (κ1) is 14.6. The number of benzene rings is 1. The Morgan fingerprint density at radius 3 is 2.05 bits per heavy atom. The van der Waals surface area contributed by atoms with E-state index in [0.717, 1.165) is 17.9 Å². The van der Waals surface area contributed by atoms with Crippen LogP contribution in [0.3, 0.4) is 0 Å². The third kappa shape index (κ3) is 4.07. The second-order valence-electron chi connectivity index (χ2n) is 6.67. The first-order chi connectivity index (χ1) is 8.78. The van der Waals surface area contributed by atoms with Crippen LogP contribution in [0.25, 0.3) is 0 Å². The molecule has 1 aromatic rings. The van der Waals surface area contributed by atoms with Gasteiger partial charge in [-0.1, -0.05) is 37.1 Å². The lowest BCUT2D eigenvalue weighted by atomic mass is 10.1. The van der Waals surface area contributed by atoms with Crippen molar-refractivity contribution in [2.24, 2.45) is 5.92 Å². The average Bonchev–Trinajstić information content (AvgIpc) is 3.10. The molecule has 3 heteroatoms. The van der Waals surface area contributed by atoms with Crippen LogP contribution in [0.15, 0.2) is 24.3 Å². The van der Waals surface area contributed by atoms with E-state index in [9.17, 15) is 8.42 Å². The normalized spacial score (nSPS) is 16.6. The fourth-order valence-electron chi connectivity index (χ4n) is 2.02. The van der Waals surface area contributed by atoms with Crippen molar-refractivity contribution in [1.29, 1.82) is 0 Å². The van der Waals surface area contributed by atoms with E-state index in [4.69, 9.17) is 0 Å². The van der Waals surface area contributed by atoms with Crippen LogP contribution in [0.5, 0.6) is 0 Å². The molecule has 0 N–H and O–H groups in total. The highest BCUT2D eigenvalue weighted by Gasteiger charge is 2.28. The van der Waals surface area contributed by atoms with E-state index in [1.165, 1.54) is 24.8 Å². The molecule has 0 spiro atoms. The van der Waals surface area contributed by atoms with Gasteiger partial charge in [0, 0.05) is 0 Å². The van der Waals surface area contributed by atoms with E-state index in [-0.39, 0.29) is 5.75 Å². The molecule has 0 heterocycles. The Labute approximate surface area is 117 Å². The lowest BCUT2D eigenvalue weighted by Gasteiger charge is -2.19. The van der Waals surface area contributed by atoms with Gasteiger partial charge >= 0.3 is 0 Å². The lowest BCUT2D eigenvalue weighted by molar-refractivity contribution is 0.559. The molecule has 2 rings (SSSR count). The predicted molar refractivity (Wildman–Crippen MR) is 79.9 cm³/mol. The van der Waals surface area contributed by atoms with Gasteiger partial charge in [0.25, 0.3) is 0 Å². The van der Waals surface area contributed by atoms with Crippen molar-refractivity contribution in [3.05, 3.63) is 35.4 Å². The van der Waals surface area contributed by atoms with Crippen LogP contribution >= 0.6 is 0 Å². The van der Waals surface area contributed by atoms with Gasteiger partial charge in [0.05, 0.1) is 10.5 Å². The van der Waals surface area contributed by atoms with Gasteiger partial charge in [-0.15, -0.1) is 0 Å². The minimum atomic E-state index is -3.08. The van der Waals surface area contributed by atoms with Crippen molar-refractivity contribution in [2.45, 2.75) is 57.0 Å². The maximum absolute atomic E-state index is 12.1. The predicted octanol–water partition coefficient (Wildman–Crippen LogP) is 3.74. The number of hydrogen-bond acceptors (Lipinski definition) is 2. The second kappa shape index (κ2) is 5.28. The van der Waals surface area contributed by atoms with Crippen molar-refractivity contribution in [2.75, 3.05) is 0 Å². The summed E-state index contributed by atoms with van der Waals surface area (Å²) in [6, 6.07) is 8.09. The number of aryl methyl sites for hydroxylation is 1. The van der Waals surface area contributed by atoms with Crippen LogP contribution in [-0.2, 0) is 22.0 Å². The fourth-order valence-corrected chi connectivity index (χ4v) is 3.08. The molecule has 0 unspecified atom stereocenters. The van der Waals surface area contributed by atoms with Crippen LogP contribution in [0.2, 0.25) is 0 Å². The van der Waals surface area contributed by atoms with Gasteiger partial charge < -0.3 is 0 Å². The summed E-state index contributed by atoms with van der Waals surface area (Å²) in [5, 5.41) is 0. The molecule has 1 aliphatic rings. The molecule has 0 radical (unpaired) electrons. The Bertz CT molecular complexity index is 517. The van der Waals surface area contributed by atoms with Gasteiger partial charge in [-0.2, -0.15) is 0 Å². The van der Waals surface area contributed by atoms with Gasteiger partial charge in [-0.05, 0) is 50.7 Å². The molecular weight excluding hydrogens is 256 g/mol. The van der Waals surface area contributed by atoms with E-state index in [1.54, 1.807) is 20.8 Å². The Morgan fingerprint density at radius 1 is 1.05 bits per heavy atom. The van der Waals surface area contributed by atoms with E-state index >= 15 is 0 Å². The van der Waals surface area contributed by atoms with Crippen molar-refractivity contribution in [3.63, 3.8) is 0 Å². The van der Waals surface area contributed by atoms with Crippen LogP contribution < -0.4 is 0 Å². The summed E-state index contributed by atoms with van der Waals surface area (Å²) >= 11 is 0. The fraction of sp³-hybridized carbons (Fsp3) is 0.625. The minimum Gasteiger partial charge on any atom is -0.228 e. The number of sulfone groups is 1. The highest BCUT2D eigenvalue weighted by Crippen LogP contribution is 2.33. The summed E-state index contributed by atoms with van der Waals surface area (Å²) in [5.74, 6) is 1.08. The minimum absolute atomic E-state index is 0.138. The van der Waals surface area contributed by atoms with Gasteiger partial charge in [0.15, 0.2) is 9.84 Å². The van der Waals surface area contributed by atoms with Crippen molar-refractivity contribution in [3.8, 4) is 0 Å². The lowest BCUT2D eigenvalue weighted by Crippen LogP contribution is -2.29. The Morgan fingerprint density at radius 2 is 1.58 bits per heavy atom. The first-order valence-corrected chi connectivity index (χ1v) is 8.73. The molecule has 1 aromatic carbocycles. The van der Waals surface area contributed by atoms with Crippen LogP contribution in [0.4, 0.5) is 0 Å². The van der Waals surface area contributed by atoms with E-state index in [1.807, 2.05) is 12.1 Å². The van der Waals surface area contributed by atoms with Crippen LogP contribution in [0, 0.1) is 5.92 Å². The quantitative estimate of drug-likeness (QED) is 0.823. The van der Waals surface area contributed by atoms with Crippen molar-refractivity contribution < 1.29 is 8.42 Å². The van der Waals surface area contributed by atoms with E-state index in [0.29, 0.717) is 0 Å². The molecule has 0 bridgehead atoms. The average molecular weight is 280 g/mol. The summed E-state index contributed by atoms with van der Waals surface area (Å²) in [5.41, 5.74) is 2.22. The summed E-state index contributed by atoms with van der Waals surface area (Å²) in [6.45, 7) is 5.27. The van der Waals surface area contributed by atoms with Crippen LogP contribution in [-0.4, -0.2) is 13.2 Å². The Hall–Kier alpha value is -0.830. The SMILES string of the molecule is CC(C)(C)S(=O)(=O)Cc1ccc(CCC2CC2)cc1. The summed E-state index contributed by atoms with van der Waals surface area (Å²) in [6.07, 6.45) is 5.18. The van der Waals surface area contributed by atoms with Crippen molar-refractivity contribution >= 4 is 9.84 Å².